The minimum atomic E-state index is 0. The maximum Gasteiger partial charge on any atom is 0.196 e. The fraction of sp³-hybridized carbons (Fsp3) is 0.409. The molecule has 0 saturated carbocycles. The Kier molecular flexibility index (Phi) is 12.7. The largest absolute Gasteiger partial charge is 0.493 e. The van der Waals surface area contributed by atoms with Gasteiger partial charge in [0.05, 0.1) is 26.9 Å². The first-order chi connectivity index (χ1) is 14.2. The molecule has 2 aromatic rings. The summed E-state index contributed by atoms with van der Waals surface area (Å²) in [7, 11) is 3.29. The molecule has 0 radical (unpaired) electrons. The van der Waals surface area contributed by atoms with E-state index in [4.69, 9.17) is 18.9 Å². The molecule has 0 aliphatic heterocycles. The monoisotopic (exact) mass is 529 g/mol. The number of nitrogens with one attached hydrogen (secondary N) is 2. The standard InChI is InChI=1S/C22H31N3O4.HI/c1-5-23-22(25-18-9-12-20(28-6-2)21(15-18)27-4)24-16-17-7-10-19(11-8-17)29-14-13-26-3;/h7-12,15H,5-6,13-14,16H2,1-4H3,(H2,23,24,25);1H. The van der Waals surface area contributed by atoms with E-state index >= 15 is 0 Å². The molecule has 0 bridgehead atoms. The first-order valence-corrected chi connectivity index (χ1v) is 9.77. The highest BCUT2D eigenvalue weighted by molar-refractivity contribution is 14.0. The molecule has 0 atom stereocenters. The summed E-state index contributed by atoms with van der Waals surface area (Å²) in [5, 5.41) is 6.56. The molecule has 0 aromatic heterocycles. The molecule has 0 aliphatic rings. The van der Waals surface area contributed by atoms with Gasteiger partial charge in [0.15, 0.2) is 17.5 Å². The molecule has 0 unspecified atom stereocenters. The first-order valence-electron chi connectivity index (χ1n) is 9.77. The van der Waals surface area contributed by atoms with Crippen molar-refractivity contribution in [2.24, 2.45) is 4.99 Å². The summed E-state index contributed by atoms with van der Waals surface area (Å²) in [6, 6.07) is 13.6. The van der Waals surface area contributed by atoms with Crippen LogP contribution in [0.15, 0.2) is 47.5 Å². The third-order valence-electron chi connectivity index (χ3n) is 3.97. The van der Waals surface area contributed by atoms with Gasteiger partial charge < -0.3 is 29.6 Å². The quantitative estimate of drug-likeness (QED) is 0.196. The second-order valence-electron chi connectivity index (χ2n) is 6.10. The molecule has 0 fully saturated rings. The Morgan fingerprint density at radius 1 is 0.933 bits per heavy atom. The lowest BCUT2D eigenvalue weighted by Crippen LogP contribution is -2.30. The molecule has 166 valence electrons. The summed E-state index contributed by atoms with van der Waals surface area (Å²) < 4.78 is 21.5. The Morgan fingerprint density at radius 3 is 2.33 bits per heavy atom. The second-order valence-corrected chi connectivity index (χ2v) is 6.10. The van der Waals surface area contributed by atoms with Gasteiger partial charge in [0.2, 0.25) is 0 Å². The van der Waals surface area contributed by atoms with E-state index in [2.05, 4.69) is 15.6 Å². The molecule has 8 heteroatoms. The van der Waals surface area contributed by atoms with Gasteiger partial charge in [0.25, 0.3) is 0 Å². The van der Waals surface area contributed by atoms with Crippen molar-refractivity contribution < 1.29 is 18.9 Å². The van der Waals surface area contributed by atoms with Gasteiger partial charge >= 0.3 is 0 Å². The SMILES string of the molecule is CCNC(=NCc1ccc(OCCOC)cc1)Nc1ccc(OCC)c(OC)c1.I. The van der Waals surface area contributed by atoms with E-state index < -0.39 is 0 Å². The lowest BCUT2D eigenvalue weighted by atomic mass is 10.2. The first kappa shape index (κ1) is 25.8. The normalized spacial score (nSPS) is 10.7. The van der Waals surface area contributed by atoms with Gasteiger partial charge in [0.1, 0.15) is 12.4 Å². The predicted octanol–water partition coefficient (Wildman–Crippen LogP) is 4.31. The zero-order valence-electron chi connectivity index (χ0n) is 18.1. The van der Waals surface area contributed by atoms with Gasteiger partial charge in [-0.1, -0.05) is 12.1 Å². The fourth-order valence-electron chi connectivity index (χ4n) is 2.57. The van der Waals surface area contributed by atoms with Crippen LogP contribution in [0.2, 0.25) is 0 Å². The maximum atomic E-state index is 5.59. The molecule has 2 rings (SSSR count). The smallest absolute Gasteiger partial charge is 0.196 e. The second kappa shape index (κ2) is 14.7. The Labute approximate surface area is 196 Å². The fourth-order valence-corrected chi connectivity index (χ4v) is 2.57. The number of guanidine groups is 1. The molecule has 2 N–H and O–H groups in total. The van der Waals surface area contributed by atoms with Crippen LogP contribution in [0, 0.1) is 0 Å². The molecule has 7 nitrogen and oxygen atoms in total. The van der Waals surface area contributed by atoms with Gasteiger partial charge in [-0.15, -0.1) is 24.0 Å². The number of anilines is 1. The van der Waals surface area contributed by atoms with Crippen LogP contribution in [0.25, 0.3) is 0 Å². The van der Waals surface area contributed by atoms with E-state index in [0.717, 1.165) is 29.3 Å². The van der Waals surface area contributed by atoms with E-state index in [-0.39, 0.29) is 24.0 Å². The van der Waals surface area contributed by atoms with Crippen molar-refractivity contribution in [1.82, 2.24) is 5.32 Å². The van der Waals surface area contributed by atoms with Gasteiger partial charge in [0, 0.05) is 25.4 Å². The van der Waals surface area contributed by atoms with Crippen LogP contribution in [0.1, 0.15) is 19.4 Å². The van der Waals surface area contributed by atoms with E-state index in [9.17, 15) is 0 Å². The number of aliphatic imine (C=N–C) groups is 1. The molecule has 0 amide bonds. The summed E-state index contributed by atoms with van der Waals surface area (Å²) in [4.78, 5) is 4.66. The minimum Gasteiger partial charge on any atom is -0.493 e. The van der Waals surface area contributed by atoms with Crippen molar-refractivity contribution in [2.75, 3.05) is 45.9 Å². The zero-order valence-corrected chi connectivity index (χ0v) is 20.4. The lowest BCUT2D eigenvalue weighted by molar-refractivity contribution is 0.146. The summed E-state index contributed by atoms with van der Waals surface area (Å²) in [6.07, 6.45) is 0. The van der Waals surface area contributed by atoms with E-state index in [0.29, 0.717) is 38.1 Å². The molecule has 0 aliphatic carbocycles. The van der Waals surface area contributed by atoms with Crippen molar-refractivity contribution in [3.63, 3.8) is 0 Å². The van der Waals surface area contributed by atoms with Crippen molar-refractivity contribution in [2.45, 2.75) is 20.4 Å². The number of ether oxygens (including phenoxy) is 4. The third kappa shape index (κ3) is 8.66. The molecule has 0 saturated heterocycles. The number of nitrogens with zero attached hydrogens (tertiary/aromatic N) is 1. The number of methoxy groups -OCH3 is 2. The van der Waals surface area contributed by atoms with Crippen molar-refractivity contribution in [3.05, 3.63) is 48.0 Å². The van der Waals surface area contributed by atoms with Crippen LogP contribution in [0.4, 0.5) is 5.69 Å². The predicted molar refractivity (Wildman–Crippen MR) is 132 cm³/mol. The lowest BCUT2D eigenvalue weighted by Gasteiger charge is -2.14. The molecular weight excluding hydrogens is 497 g/mol. The van der Waals surface area contributed by atoms with Crippen molar-refractivity contribution in [1.29, 1.82) is 0 Å². The maximum absolute atomic E-state index is 5.59. The van der Waals surface area contributed by atoms with Crippen LogP contribution in [0.5, 0.6) is 17.2 Å². The van der Waals surface area contributed by atoms with Crippen LogP contribution in [0.3, 0.4) is 0 Å². The molecule has 0 heterocycles. The van der Waals surface area contributed by atoms with Gasteiger partial charge in [-0.3, -0.25) is 0 Å². The van der Waals surface area contributed by atoms with Gasteiger partial charge in [-0.2, -0.15) is 0 Å². The van der Waals surface area contributed by atoms with Crippen LogP contribution in [-0.2, 0) is 11.3 Å². The van der Waals surface area contributed by atoms with Gasteiger partial charge in [-0.05, 0) is 43.7 Å². The Bertz CT molecular complexity index is 769. The number of hydrogen-bond acceptors (Lipinski definition) is 5. The van der Waals surface area contributed by atoms with Crippen LogP contribution < -0.4 is 24.8 Å². The van der Waals surface area contributed by atoms with Gasteiger partial charge in [-0.25, -0.2) is 4.99 Å². The summed E-state index contributed by atoms with van der Waals surface area (Å²) >= 11 is 0. The highest BCUT2D eigenvalue weighted by Crippen LogP contribution is 2.30. The third-order valence-corrected chi connectivity index (χ3v) is 3.97. The minimum absolute atomic E-state index is 0. The van der Waals surface area contributed by atoms with Crippen molar-refractivity contribution in [3.8, 4) is 17.2 Å². The number of rotatable bonds is 11. The molecule has 2 aromatic carbocycles. The Morgan fingerprint density at radius 2 is 1.70 bits per heavy atom. The highest BCUT2D eigenvalue weighted by atomic mass is 127. The number of benzene rings is 2. The Hall–Kier alpha value is -2.20. The summed E-state index contributed by atoms with van der Waals surface area (Å²) in [6.45, 7) is 6.97. The average molecular weight is 529 g/mol. The molecular formula is C22H32IN3O4. The van der Waals surface area contributed by atoms with E-state index in [1.54, 1.807) is 14.2 Å². The average Bonchev–Trinajstić information content (AvgIpc) is 2.74. The van der Waals surface area contributed by atoms with Crippen LogP contribution in [-0.4, -0.2) is 46.5 Å². The molecule has 30 heavy (non-hydrogen) atoms. The van der Waals surface area contributed by atoms with E-state index in [1.165, 1.54) is 0 Å². The van der Waals surface area contributed by atoms with E-state index in [1.807, 2.05) is 56.3 Å². The summed E-state index contributed by atoms with van der Waals surface area (Å²) in [5.41, 5.74) is 1.96. The van der Waals surface area contributed by atoms with Crippen molar-refractivity contribution >= 4 is 35.6 Å². The summed E-state index contributed by atoms with van der Waals surface area (Å²) in [5.74, 6) is 2.91. The molecule has 0 spiro atoms. The van der Waals surface area contributed by atoms with Crippen LogP contribution >= 0.6 is 24.0 Å². The topological polar surface area (TPSA) is 73.3 Å². The number of halogens is 1. The highest BCUT2D eigenvalue weighted by Gasteiger charge is 2.07. The number of hydrogen-bond donors (Lipinski definition) is 2. The Balaban J connectivity index is 0.00000450. The zero-order chi connectivity index (χ0) is 20.9.